The van der Waals surface area contributed by atoms with Crippen molar-refractivity contribution in [2.24, 2.45) is 5.92 Å². The number of hydrogen-bond donors (Lipinski definition) is 0. The fourth-order valence-corrected chi connectivity index (χ4v) is 3.16. The lowest BCUT2D eigenvalue weighted by Crippen LogP contribution is -2.37. The Morgan fingerprint density at radius 3 is 2.30 bits per heavy atom. The fourth-order valence-electron chi connectivity index (χ4n) is 2.69. The number of piperidine rings is 1. The molecule has 1 unspecified atom stereocenters. The quantitative estimate of drug-likeness (QED) is 0.796. The zero-order valence-corrected chi connectivity index (χ0v) is 12.5. The molecule has 0 spiro atoms. The summed E-state index contributed by atoms with van der Waals surface area (Å²) < 4.78 is 21.2. The Kier molecular flexibility index (Phi) is 5.31. The summed E-state index contributed by atoms with van der Waals surface area (Å²) in [5, 5.41) is 0. The van der Waals surface area contributed by atoms with Crippen molar-refractivity contribution in [3.63, 3.8) is 0 Å². The van der Waals surface area contributed by atoms with E-state index in [4.69, 9.17) is 0 Å². The molecule has 0 aromatic heterocycles. The van der Waals surface area contributed by atoms with Crippen molar-refractivity contribution in [3.05, 3.63) is 35.4 Å². The average molecular weight is 294 g/mol. The van der Waals surface area contributed by atoms with E-state index >= 15 is 0 Å². The second kappa shape index (κ2) is 6.99. The summed E-state index contributed by atoms with van der Waals surface area (Å²) in [6.45, 7) is 3.33. The van der Waals surface area contributed by atoms with Crippen LogP contribution in [0, 0.1) is 5.92 Å². The number of carbonyl (C=O) groups is 1. The minimum Gasteiger partial charge on any atom is -0.772 e. The summed E-state index contributed by atoms with van der Waals surface area (Å²) in [6, 6.07) is 7.80. The van der Waals surface area contributed by atoms with Gasteiger partial charge in [0.05, 0.1) is 0 Å². The van der Waals surface area contributed by atoms with E-state index in [2.05, 4.69) is 0 Å². The molecule has 2 rings (SSSR count). The Morgan fingerprint density at radius 1 is 1.25 bits per heavy atom. The highest BCUT2D eigenvalue weighted by atomic mass is 32.2. The van der Waals surface area contributed by atoms with E-state index in [1.54, 1.807) is 6.92 Å². The normalized spacial score (nSPS) is 18.0. The lowest BCUT2D eigenvalue weighted by atomic mass is 9.90. The van der Waals surface area contributed by atoms with E-state index in [1.807, 2.05) is 29.2 Å². The number of benzene rings is 1. The summed E-state index contributed by atoms with van der Waals surface area (Å²) in [7, 11) is 0. The molecule has 1 aliphatic heterocycles. The average Bonchev–Trinajstić information content (AvgIpc) is 2.41. The third kappa shape index (κ3) is 4.42. The predicted octanol–water partition coefficient (Wildman–Crippen LogP) is 1.87. The van der Waals surface area contributed by atoms with Crippen molar-refractivity contribution in [2.45, 2.75) is 31.9 Å². The highest BCUT2D eigenvalue weighted by Crippen LogP contribution is 2.22. The first-order chi connectivity index (χ1) is 9.54. The Hall–Kier alpha value is -1.20. The molecular weight excluding hydrogens is 274 g/mol. The van der Waals surface area contributed by atoms with Crippen molar-refractivity contribution in [1.82, 2.24) is 4.90 Å². The first kappa shape index (κ1) is 15.2. The first-order valence-corrected chi connectivity index (χ1v) is 8.18. The molecule has 0 N–H and O–H groups in total. The van der Waals surface area contributed by atoms with Crippen LogP contribution in [0.25, 0.3) is 0 Å². The number of likely N-dealkylation sites (tertiary alicyclic amines) is 1. The van der Waals surface area contributed by atoms with Gasteiger partial charge >= 0.3 is 0 Å². The van der Waals surface area contributed by atoms with Crippen LogP contribution in [-0.2, 0) is 28.0 Å². The minimum absolute atomic E-state index is 0.0806. The molecule has 1 fully saturated rings. The number of nitrogens with zero attached hydrogens (tertiary/aromatic N) is 1. The van der Waals surface area contributed by atoms with E-state index in [-0.39, 0.29) is 11.7 Å². The maximum atomic E-state index is 11.3. The minimum atomic E-state index is -2.03. The molecule has 110 valence electrons. The van der Waals surface area contributed by atoms with E-state index in [1.165, 1.54) is 5.56 Å². The van der Waals surface area contributed by atoms with E-state index in [9.17, 15) is 13.6 Å². The maximum Gasteiger partial charge on any atom is 0.219 e. The topological polar surface area (TPSA) is 60.4 Å². The van der Waals surface area contributed by atoms with Gasteiger partial charge in [-0.15, -0.1) is 0 Å². The van der Waals surface area contributed by atoms with E-state index in [0.29, 0.717) is 5.92 Å². The largest absolute Gasteiger partial charge is 0.772 e. The molecule has 1 aliphatic rings. The van der Waals surface area contributed by atoms with Gasteiger partial charge in [0.25, 0.3) is 0 Å². The number of carbonyl (C=O) groups excluding carboxylic acids is 1. The number of hydrogen-bond acceptors (Lipinski definition) is 3. The van der Waals surface area contributed by atoms with Gasteiger partial charge in [0.15, 0.2) is 0 Å². The Bertz CT molecular complexity index is 478. The van der Waals surface area contributed by atoms with Crippen LogP contribution >= 0.6 is 0 Å². The molecule has 1 amide bonds. The number of rotatable bonds is 4. The first-order valence-electron chi connectivity index (χ1n) is 6.94. The van der Waals surface area contributed by atoms with Crippen molar-refractivity contribution < 1.29 is 13.6 Å². The summed E-state index contributed by atoms with van der Waals surface area (Å²) in [5.41, 5.74) is 2.07. The van der Waals surface area contributed by atoms with Crippen molar-refractivity contribution in [1.29, 1.82) is 0 Å². The van der Waals surface area contributed by atoms with Gasteiger partial charge in [-0.2, -0.15) is 0 Å². The lowest BCUT2D eigenvalue weighted by molar-refractivity contribution is -0.130. The van der Waals surface area contributed by atoms with Crippen molar-refractivity contribution in [3.8, 4) is 0 Å². The Balaban J connectivity index is 1.85. The van der Waals surface area contributed by atoms with Gasteiger partial charge in [0.2, 0.25) is 5.91 Å². The lowest BCUT2D eigenvalue weighted by Gasteiger charge is -2.31. The molecule has 1 aromatic carbocycles. The van der Waals surface area contributed by atoms with Crippen LogP contribution in [0.3, 0.4) is 0 Å². The van der Waals surface area contributed by atoms with Gasteiger partial charge in [-0.05, 0) is 36.3 Å². The monoisotopic (exact) mass is 294 g/mol. The molecule has 0 bridgehead atoms. The zero-order chi connectivity index (χ0) is 14.5. The van der Waals surface area contributed by atoms with Gasteiger partial charge < -0.3 is 9.45 Å². The van der Waals surface area contributed by atoms with Crippen LogP contribution in [0.15, 0.2) is 24.3 Å². The predicted molar refractivity (Wildman–Crippen MR) is 77.7 cm³/mol. The summed E-state index contributed by atoms with van der Waals surface area (Å²) in [4.78, 5) is 13.2. The molecule has 1 aromatic rings. The highest BCUT2D eigenvalue weighted by molar-refractivity contribution is 7.78. The van der Waals surface area contributed by atoms with Gasteiger partial charge in [0, 0.05) is 25.8 Å². The van der Waals surface area contributed by atoms with Crippen LogP contribution in [0.2, 0.25) is 0 Å². The van der Waals surface area contributed by atoms with Gasteiger partial charge in [-0.1, -0.05) is 35.3 Å². The smallest absolute Gasteiger partial charge is 0.219 e. The molecule has 0 aliphatic carbocycles. The zero-order valence-electron chi connectivity index (χ0n) is 11.7. The Labute approximate surface area is 122 Å². The van der Waals surface area contributed by atoms with Crippen molar-refractivity contribution in [2.75, 3.05) is 13.1 Å². The molecule has 1 saturated heterocycles. The van der Waals surface area contributed by atoms with Crippen LogP contribution in [0.4, 0.5) is 0 Å². The van der Waals surface area contributed by atoms with Crippen LogP contribution in [0.5, 0.6) is 0 Å². The van der Waals surface area contributed by atoms with E-state index in [0.717, 1.165) is 37.9 Å². The van der Waals surface area contributed by atoms with Crippen LogP contribution in [-0.4, -0.2) is 32.7 Å². The fraction of sp³-hybridized carbons (Fsp3) is 0.533. The molecular formula is C15H20NO3S-. The molecule has 0 saturated carbocycles. The summed E-state index contributed by atoms with van der Waals surface area (Å²) in [6.07, 6.45) is 3.10. The Morgan fingerprint density at radius 2 is 1.80 bits per heavy atom. The van der Waals surface area contributed by atoms with Gasteiger partial charge in [-0.25, -0.2) is 0 Å². The number of amides is 1. The van der Waals surface area contributed by atoms with Crippen LogP contribution in [0.1, 0.15) is 30.9 Å². The molecule has 1 heterocycles. The maximum absolute atomic E-state index is 11.3. The highest BCUT2D eigenvalue weighted by Gasteiger charge is 2.20. The molecule has 0 radical (unpaired) electrons. The van der Waals surface area contributed by atoms with E-state index < -0.39 is 11.1 Å². The summed E-state index contributed by atoms with van der Waals surface area (Å²) in [5.74, 6) is 0.862. The molecule has 1 atom stereocenters. The van der Waals surface area contributed by atoms with Crippen molar-refractivity contribution >= 4 is 17.0 Å². The van der Waals surface area contributed by atoms with Gasteiger partial charge in [-0.3, -0.25) is 9.00 Å². The third-order valence-electron chi connectivity index (χ3n) is 3.89. The second-order valence-electron chi connectivity index (χ2n) is 5.42. The SMILES string of the molecule is CC(=O)N1CCC(Cc2ccc(CS(=O)[O-])cc2)CC1. The second-order valence-corrected chi connectivity index (χ2v) is 6.31. The standard InChI is InChI=1S/C15H21NO3S/c1-12(17)16-8-6-14(7-9-16)10-13-2-4-15(5-3-13)11-20(18)19/h2-5,14H,6-11H2,1H3,(H,18,19)/p-1. The molecule has 4 nitrogen and oxygen atoms in total. The summed E-state index contributed by atoms with van der Waals surface area (Å²) >= 11 is -2.03. The van der Waals surface area contributed by atoms with Gasteiger partial charge in [0.1, 0.15) is 0 Å². The molecule has 5 heteroatoms. The third-order valence-corrected chi connectivity index (χ3v) is 4.46. The molecule has 20 heavy (non-hydrogen) atoms. The van der Waals surface area contributed by atoms with Crippen LogP contribution < -0.4 is 0 Å².